The number of nitrogens with one attached hydrogen (secondary N) is 1. The van der Waals surface area contributed by atoms with Gasteiger partial charge >= 0.3 is 6.18 Å². The Balaban J connectivity index is 2.34. The highest BCUT2D eigenvalue weighted by Crippen LogP contribution is 2.19. The summed E-state index contributed by atoms with van der Waals surface area (Å²) in [6.45, 7) is -0.909. The van der Waals surface area contributed by atoms with Gasteiger partial charge in [-0.15, -0.1) is 11.6 Å². The van der Waals surface area contributed by atoms with Gasteiger partial charge < -0.3 is 5.32 Å². The Hall–Kier alpha value is -0.740. The van der Waals surface area contributed by atoms with Crippen LogP contribution in [0.15, 0.2) is 30.3 Å². The standard InChI is InChI=1S/C10H11ClF3N/c11-9(6-15-7-10(12,13)14)8-4-2-1-3-5-8/h1-5,9,15H,6-7H2. The summed E-state index contributed by atoms with van der Waals surface area (Å²) in [5.41, 5.74) is 0.814. The second-order valence-electron chi connectivity index (χ2n) is 3.12. The molecule has 0 saturated heterocycles. The Morgan fingerprint density at radius 3 is 2.33 bits per heavy atom. The minimum atomic E-state index is -4.19. The fourth-order valence-corrected chi connectivity index (χ4v) is 1.37. The van der Waals surface area contributed by atoms with Gasteiger partial charge in [0.15, 0.2) is 0 Å². The van der Waals surface area contributed by atoms with Crippen molar-refractivity contribution in [1.82, 2.24) is 5.32 Å². The van der Waals surface area contributed by atoms with Gasteiger partial charge in [-0.2, -0.15) is 13.2 Å². The zero-order valence-electron chi connectivity index (χ0n) is 7.89. The Morgan fingerprint density at radius 1 is 1.20 bits per heavy atom. The van der Waals surface area contributed by atoms with Crippen LogP contribution in [-0.2, 0) is 0 Å². The van der Waals surface area contributed by atoms with E-state index in [9.17, 15) is 13.2 Å². The third-order valence-electron chi connectivity index (χ3n) is 1.81. The monoisotopic (exact) mass is 237 g/mol. The number of rotatable bonds is 4. The third-order valence-corrected chi connectivity index (χ3v) is 2.22. The van der Waals surface area contributed by atoms with Gasteiger partial charge in [0.05, 0.1) is 11.9 Å². The Morgan fingerprint density at radius 2 is 1.80 bits per heavy atom. The largest absolute Gasteiger partial charge is 0.401 e. The van der Waals surface area contributed by atoms with E-state index in [1.165, 1.54) is 0 Å². The second kappa shape index (κ2) is 5.37. The highest BCUT2D eigenvalue weighted by Gasteiger charge is 2.26. The van der Waals surface area contributed by atoms with Crippen LogP contribution in [-0.4, -0.2) is 19.3 Å². The molecule has 1 aromatic rings. The van der Waals surface area contributed by atoms with E-state index >= 15 is 0 Å². The summed E-state index contributed by atoms with van der Waals surface area (Å²) in [5, 5.41) is 1.83. The van der Waals surface area contributed by atoms with Gasteiger partial charge in [0.2, 0.25) is 0 Å². The molecule has 15 heavy (non-hydrogen) atoms. The molecule has 0 bridgehead atoms. The topological polar surface area (TPSA) is 12.0 Å². The second-order valence-corrected chi connectivity index (χ2v) is 3.65. The zero-order chi connectivity index (χ0) is 11.3. The molecule has 0 heterocycles. The molecule has 0 radical (unpaired) electrons. The van der Waals surface area contributed by atoms with E-state index in [-0.39, 0.29) is 6.54 Å². The molecule has 1 N–H and O–H groups in total. The van der Waals surface area contributed by atoms with Crippen LogP contribution in [0, 0.1) is 0 Å². The normalized spacial score (nSPS) is 13.9. The quantitative estimate of drug-likeness (QED) is 0.794. The van der Waals surface area contributed by atoms with Crippen LogP contribution in [0.25, 0.3) is 0 Å². The van der Waals surface area contributed by atoms with Crippen molar-refractivity contribution < 1.29 is 13.2 Å². The lowest BCUT2D eigenvalue weighted by atomic mass is 10.1. The Kier molecular flexibility index (Phi) is 4.42. The van der Waals surface area contributed by atoms with Gasteiger partial charge in [0, 0.05) is 6.54 Å². The van der Waals surface area contributed by atoms with Crippen molar-refractivity contribution in [3.63, 3.8) is 0 Å². The lowest BCUT2D eigenvalue weighted by molar-refractivity contribution is -0.124. The van der Waals surface area contributed by atoms with Gasteiger partial charge in [-0.3, -0.25) is 0 Å². The van der Waals surface area contributed by atoms with Crippen LogP contribution in [0.2, 0.25) is 0 Å². The van der Waals surface area contributed by atoms with Crippen molar-refractivity contribution in [2.24, 2.45) is 0 Å². The third kappa shape index (κ3) is 5.04. The van der Waals surface area contributed by atoms with E-state index in [0.29, 0.717) is 0 Å². The molecule has 0 aliphatic rings. The van der Waals surface area contributed by atoms with E-state index < -0.39 is 18.1 Å². The summed E-state index contributed by atoms with van der Waals surface area (Å²) in [6, 6.07) is 9.00. The van der Waals surface area contributed by atoms with E-state index in [0.717, 1.165) is 5.56 Å². The molecule has 84 valence electrons. The van der Waals surface area contributed by atoms with Crippen LogP contribution in [0.4, 0.5) is 13.2 Å². The molecule has 5 heteroatoms. The maximum Gasteiger partial charge on any atom is 0.401 e. The van der Waals surface area contributed by atoms with Crippen LogP contribution in [0.3, 0.4) is 0 Å². The molecule has 0 amide bonds. The van der Waals surface area contributed by atoms with Gasteiger partial charge in [0.25, 0.3) is 0 Å². The number of alkyl halides is 4. The van der Waals surface area contributed by atoms with E-state index in [1.807, 2.05) is 6.07 Å². The van der Waals surface area contributed by atoms with Crippen molar-refractivity contribution in [3.8, 4) is 0 Å². The van der Waals surface area contributed by atoms with Crippen molar-refractivity contribution in [2.45, 2.75) is 11.6 Å². The fourth-order valence-electron chi connectivity index (χ4n) is 1.12. The predicted octanol–water partition coefficient (Wildman–Crippen LogP) is 3.12. The zero-order valence-corrected chi connectivity index (χ0v) is 8.65. The molecule has 0 saturated carbocycles. The summed E-state index contributed by atoms with van der Waals surface area (Å²) in [6.07, 6.45) is -4.19. The minimum absolute atomic E-state index is 0.102. The van der Waals surface area contributed by atoms with Gasteiger partial charge in [-0.05, 0) is 5.56 Å². The summed E-state index contributed by atoms with van der Waals surface area (Å²) in [4.78, 5) is 0. The summed E-state index contributed by atoms with van der Waals surface area (Å²) in [5.74, 6) is 0. The highest BCUT2D eigenvalue weighted by atomic mass is 35.5. The summed E-state index contributed by atoms with van der Waals surface area (Å²) < 4.78 is 35.4. The first kappa shape index (κ1) is 12.3. The SMILES string of the molecule is FC(F)(F)CNCC(Cl)c1ccccc1. The first-order valence-electron chi connectivity index (χ1n) is 4.45. The molecule has 1 rings (SSSR count). The lowest BCUT2D eigenvalue weighted by Gasteiger charge is -2.12. The predicted molar refractivity (Wildman–Crippen MR) is 54.0 cm³/mol. The number of hydrogen-bond acceptors (Lipinski definition) is 1. The van der Waals surface area contributed by atoms with Crippen molar-refractivity contribution in [3.05, 3.63) is 35.9 Å². The summed E-state index contributed by atoms with van der Waals surface area (Å²) in [7, 11) is 0. The van der Waals surface area contributed by atoms with Crippen molar-refractivity contribution in [1.29, 1.82) is 0 Å². The van der Waals surface area contributed by atoms with Crippen molar-refractivity contribution >= 4 is 11.6 Å². The molecular weight excluding hydrogens is 227 g/mol. The average Bonchev–Trinajstić information content (AvgIpc) is 2.17. The molecular formula is C10H11ClF3N. The highest BCUT2D eigenvalue weighted by molar-refractivity contribution is 6.21. The average molecular weight is 238 g/mol. The molecule has 0 aliphatic heterocycles. The van der Waals surface area contributed by atoms with E-state index in [2.05, 4.69) is 5.32 Å². The van der Waals surface area contributed by atoms with Crippen LogP contribution < -0.4 is 5.32 Å². The first-order valence-corrected chi connectivity index (χ1v) is 4.89. The number of benzene rings is 1. The molecule has 0 aliphatic carbocycles. The molecule has 1 aromatic carbocycles. The molecule has 0 spiro atoms. The van der Waals surface area contributed by atoms with Crippen molar-refractivity contribution in [2.75, 3.05) is 13.1 Å². The summed E-state index contributed by atoms with van der Waals surface area (Å²) >= 11 is 5.91. The van der Waals surface area contributed by atoms with E-state index in [4.69, 9.17) is 11.6 Å². The van der Waals surface area contributed by atoms with Gasteiger partial charge in [0.1, 0.15) is 0 Å². The molecule has 1 nitrogen and oxygen atoms in total. The molecule has 1 atom stereocenters. The molecule has 1 unspecified atom stereocenters. The van der Waals surface area contributed by atoms with Gasteiger partial charge in [-0.25, -0.2) is 0 Å². The maximum absolute atomic E-state index is 11.8. The smallest absolute Gasteiger partial charge is 0.307 e. The van der Waals surface area contributed by atoms with Crippen LogP contribution in [0.1, 0.15) is 10.9 Å². The molecule has 0 fully saturated rings. The van der Waals surface area contributed by atoms with Crippen LogP contribution in [0.5, 0.6) is 0 Å². The van der Waals surface area contributed by atoms with E-state index in [1.54, 1.807) is 24.3 Å². The molecule has 0 aromatic heterocycles. The Labute approximate surface area is 91.2 Å². The fraction of sp³-hybridized carbons (Fsp3) is 0.400. The number of halogens is 4. The maximum atomic E-state index is 11.8. The first-order chi connectivity index (χ1) is 6.99. The van der Waals surface area contributed by atoms with Crippen LogP contribution >= 0.6 is 11.6 Å². The number of hydrogen-bond donors (Lipinski definition) is 1. The minimum Gasteiger partial charge on any atom is -0.307 e. The Bertz CT molecular complexity index is 286. The van der Waals surface area contributed by atoms with Gasteiger partial charge in [-0.1, -0.05) is 30.3 Å². The lowest BCUT2D eigenvalue weighted by Crippen LogP contribution is -2.30.